The van der Waals surface area contributed by atoms with Crippen molar-refractivity contribution < 1.29 is 4.79 Å². The van der Waals surface area contributed by atoms with Gasteiger partial charge >= 0.3 is 0 Å². The van der Waals surface area contributed by atoms with Gasteiger partial charge < -0.3 is 10.6 Å². The third-order valence-electron chi connectivity index (χ3n) is 4.07. The smallest absolute Gasteiger partial charge is 0.261 e. The molecule has 1 amide bonds. The van der Waals surface area contributed by atoms with E-state index in [2.05, 4.69) is 10.6 Å². The van der Waals surface area contributed by atoms with Gasteiger partial charge in [0, 0.05) is 11.6 Å². The first-order valence-corrected chi connectivity index (χ1v) is 7.68. The monoisotopic (exact) mass is 284 g/mol. The Morgan fingerprint density at radius 1 is 1.50 bits per heavy atom. The van der Waals surface area contributed by atoms with Crippen LogP contribution < -0.4 is 10.6 Å². The molecule has 1 aromatic heterocycles. The SMILES string of the molecule is O=C(NC1CCNC2(CCC2)C1)c1ccc(Cl)s1. The Hall–Kier alpha value is -0.580. The van der Waals surface area contributed by atoms with Gasteiger partial charge in [-0.15, -0.1) is 11.3 Å². The van der Waals surface area contributed by atoms with Crippen LogP contribution >= 0.6 is 22.9 Å². The summed E-state index contributed by atoms with van der Waals surface area (Å²) in [5.41, 5.74) is 0.323. The quantitative estimate of drug-likeness (QED) is 0.877. The Balaban J connectivity index is 1.60. The maximum atomic E-state index is 12.1. The molecule has 2 N–H and O–H groups in total. The van der Waals surface area contributed by atoms with Crippen molar-refractivity contribution in [2.75, 3.05) is 6.54 Å². The lowest BCUT2D eigenvalue weighted by Gasteiger charge is -2.48. The molecule has 1 aromatic rings. The summed E-state index contributed by atoms with van der Waals surface area (Å²) in [5, 5.41) is 6.75. The second-order valence-electron chi connectivity index (χ2n) is 5.33. The zero-order valence-corrected chi connectivity index (χ0v) is 11.7. The number of halogens is 1. The van der Waals surface area contributed by atoms with Crippen LogP contribution in [0.2, 0.25) is 4.34 Å². The minimum atomic E-state index is 0.0215. The van der Waals surface area contributed by atoms with Crippen LogP contribution in [0.1, 0.15) is 41.8 Å². The molecule has 0 aromatic carbocycles. The first-order chi connectivity index (χ1) is 8.67. The molecule has 18 heavy (non-hydrogen) atoms. The van der Waals surface area contributed by atoms with E-state index in [0.717, 1.165) is 19.4 Å². The van der Waals surface area contributed by atoms with Gasteiger partial charge in [-0.05, 0) is 50.8 Å². The van der Waals surface area contributed by atoms with Crippen molar-refractivity contribution in [1.82, 2.24) is 10.6 Å². The van der Waals surface area contributed by atoms with Crippen LogP contribution in [-0.2, 0) is 0 Å². The Morgan fingerprint density at radius 3 is 2.94 bits per heavy atom. The number of rotatable bonds is 2. The van der Waals surface area contributed by atoms with Crippen LogP contribution in [0.25, 0.3) is 0 Å². The number of carbonyl (C=O) groups is 1. The Kier molecular flexibility index (Phi) is 3.34. The summed E-state index contributed by atoms with van der Waals surface area (Å²) < 4.78 is 0.668. The van der Waals surface area contributed by atoms with E-state index in [0.29, 0.717) is 20.8 Å². The van der Waals surface area contributed by atoms with Crippen molar-refractivity contribution in [3.05, 3.63) is 21.3 Å². The second kappa shape index (κ2) is 4.83. The Labute approximate surface area is 116 Å². The van der Waals surface area contributed by atoms with Gasteiger partial charge in [-0.3, -0.25) is 4.79 Å². The lowest BCUT2D eigenvalue weighted by molar-refractivity contribution is 0.0857. The number of amides is 1. The molecule has 1 saturated carbocycles. The molecule has 1 unspecified atom stereocenters. The van der Waals surface area contributed by atoms with Gasteiger partial charge in [0.1, 0.15) is 0 Å². The fraction of sp³-hybridized carbons (Fsp3) is 0.615. The summed E-state index contributed by atoms with van der Waals surface area (Å²) >= 11 is 7.19. The molecule has 2 heterocycles. The van der Waals surface area contributed by atoms with E-state index in [1.807, 2.05) is 0 Å². The lowest BCUT2D eigenvalue weighted by atomic mass is 9.70. The standard InChI is InChI=1S/C13H17ClN2OS/c14-11-3-2-10(18-11)12(17)16-9-4-7-15-13(8-9)5-1-6-13/h2-3,9,15H,1,4-8H2,(H,16,17). The minimum Gasteiger partial charge on any atom is -0.348 e. The van der Waals surface area contributed by atoms with Crippen LogP contribution in [0.4, 0.5) is 0 Å². The van der Waals surface area contributed by atoms with Gasteiger partial charge in [0.15, 0.2) is 0 Å². The van der Waals surface area contributed by atoms with Crippen LogP contribution in [0, 0.1) is 0 Å². The molecule has 3 nitrogen and oxygen atoms in total. The molecule has 0 radical (unpaired) electrons. The molecule has 1 aliphatic heterocycles. The van der Waals surface area contributed by atoms with Crippen molar-refractivity contribution in [3.63, 3.8) is 0 Å². The van der Waals surface area contributed by atoms with Crippen LogP contribution in [-0.4, -0.2) is 24.0 Å². The minimum absolute atomic E-state index is 0.0215. The maximum absolute atomic E-state index is 12.1. The summed E-state index contributed by atoms with van der Waals surface area (Å²) in [5.74, 6) is 0.0215. The van der Waals surface area contributed by atoms with Crippen molar-refractivity contribution in [3.8, 4) is 0 Å². The van der Waals surface area contributed by atoms with Gasteiger partial charge in [-0.2, -0.15) is 0 Å². The third kappa shape index (κ3) is 2.42. The van der Waals surface area contributed by atoms with E-state index in [1.54, 1.807) is 12.1 Å². The fourth-order valence-corrected chi connectivity index (χ4v) is 3.90. The molecule has 1 saturated heterocycles. The maximum Gasteiger partial charge on any atom is 0.261 e. The summed E-state index contributed by atoms with van der Waals surface area (Å²) in [6.07, 6.45) is 5.91. The van der Waals surface area contributed by atoms with Gasteiger partial charge in [0.2, 0.25) is 0 Å². The predicted octanol–water partition coefficient (Wildman–Crippen LogP) is 2.81. The summed E-state index contributed by atoms with van der Waals surface area (Å²) in [7, 11) is 0. The molecule has 1 aliphatic carbocycles. The summed E-state index contributed by atoms with van der Waals surface area (Å²) in [6.45, 7) is 1.01. The largest absolute Gasteiger partial charge is 0.348 e. The molecule has 2 fully saturated rings. The average Bonchev–Trinajstić information content (AvgIpc) is 2.74. The zero-order chi connectivity index (χ0) is 12.6. The topological polar surface area (TPSA) is 41.1 Å². The number of hydrogen-bond donors (Lipinski definition) is 2. The second-order valence-corrected chi connectivity index (χ2v) is 7.04. The van der Waals surface area contributed by atoms with E-state index in [9.17, 15) is 4.79 Å². The van der Waals surface area contributed by atoms with Crippen molar-refractivity contribution >= 4 is 28.8 Å². The van der Waals surface area contributed by atoms with E-state index in [1.165, 1.54) is 30.6 Å². The molecule has 3 rings (SSSR count). The average molecular weight is 285 g/mol. The number of nitrogens with one attached hydrogen (secondary N) is 2. The normalized spacial score (nSPS) is 25.7. The molecule has 98 valence electrons. The first kappa shape index (κ1) is 12.5. The highest BCUT2D eigenvalue weighted by molar-refractivity contribution is 7.17. The van der Waals surface area contributed by atoms with Crippen molar-refractivity contribution in [2.45, 2.75) is 43.7 Å². The highest BCUT2D eigenvalue weighted by Gasteiger charge is 2.41. The molecule has 5 heteroatoms. The van der Waals surface area contributed by atoms with E-state index in [4.69, 9.17) is 11.6 Å². The van der Waals surface area contributed by atoms with Crippen molar-refractivity contribution in [2.24, 2.45) is 0 Å². The number of thiophene rings is 1. The Morgan fingerprint density at radius 2 is 2.33 bits per heavy atom. The van der Waals surface area contributed by atoms with Gasteiger partial charge in [0.05, 0.1) is 9.21 Å². The van der Waals surface area contributed by atoms with E-state index < -0.39 is 0 Å². The molecule has 1 spiro atoms. The van der Waals surface area contributed by atoms with E-state index >= 15 is 0 Å². The third-order valence-corrected chi connectivity index (χ3v) is 5.30. The number of carbonyl (C=O) groups excluding carboxylic acids is 1. The highest BCUT2D eigenvalue weighted by atomic mass is 35.5. The molecule has 2 aliphatic rings. The fourth-order valence-electron chi connectivity index (χ4n) is 2.96. The summed E-state index contributed by atoms with van der Waals surface area (Å²) in [6, 6.07) is 3.87. The molecule has 1 atom stereocenters. The van der Waals surface area contributed by atoms with Gasteiger partial charge in [0.25, 0.3) is 5.91 Å². The number of piperidine rings is 1. The zero-order valence-electron chi connectivity index (χ0n) is 10.2. The van der Waals surface area contributed by atoms with Crippen LogP contribution in [0.15, 0.2) is 12.1 Å². The van der Waals surface area contributed by atoms with Crippen molar-refractivity contribution in [1.29, 1.82) is 0 Å². The van der Waals surface area contributed by atoms with Crippen LogP contribution in [0.3, 0.4) is 0 Å². The van der Waals surface area contributed by atoms with Crippen LogP contribution in [0.5, 0.6) is 0 Å². The molecule has 0 bridgehead atoms. The highest BCUT2D eigenvalue weighted by Crippen LogP contribution is 2.38. The lowest BCUT2D eigenvalue weighted by Crippen LogP contribution is -2.59. The number of hydrogen-bond acceptors (Lipinski definition) is 3. The van der Waals surface area contributed by atoms with E-state index in [-0.39, 0.29) is 5.91 Å². The first-order valence-electron chi connectivity index (χ1n) is 6.48. The van der Waals surface area contributed by atoms with Gasteiger partial charge in [-0.25, -0.2) is 0 Å². The van der Waals surface area contributed by atoms with Gasteiger partial charge in [-0.1, -0.05) is 11.6 Å². The molecular formula is C13H17ClN2OS. The molecular weight excluding hydrogens is 268 g/mol. The summed E-state index contributed by atoms with van der Waals surface area (Å²) in [4.78, 5) is 12.8. The Bertz CT molecular complexity index is 456. The predicted molar refractivity (Wildman–Crippen MR) is 74.4 cm³/mol.